The van der Waals surface area contributed by atoms with E-state index in [1.54, 1.807) is 12.1 Å². The van der Waals surface area contributed by atoms with Crippen LogP contribution >= 0.6 is 0 Å². The molecule has 2 rings (SSSR count). The van der Waals surface area contributed by atoms with Gasteiger partial charge in [0.15, 0.2) is 0 Å². The molecule has 0 saturated heterocycles. The van der Waals surface area contributed by atoms with Crippen molar-refractivity contribution in [2.45, 2.75) is 56.4 Å². The summed E-state index contributed by atoms with van der Waals surface area (Å²) >= 11 is 0. The summed E-state index contributed by atoms with van der Waals surface area (Å²) in [5, 5.41) is 0. The highest BCUT2D eigenvalue weighted by Crippen LogP contribution is 2.49. The molecule has 0 unspecified atom stereocenters. The third kappa shape index (κ3) is 2.75. The molecule has 0 aliphatic heterocycles. The third-order valence-corrected chi connectivity index (χ3v) is 5.08. The van der Waals surface area contributed by atoms with Crippen LogP contribution < -0.4 is 4.72 Å². The zero-order valence-electron chi connectivity index (χ0n) is 11.4. The molecule has 1 fully saturated rings. The summed E-state index contributed by atoms with van der Waals surface area (Å²) in [5.41, 5.74) is 0.529. The minimum Gasteiger partial charge on any atom is -0.207 e. The number of rotatable bonds is 3. The normalized spacial score (nSPS) is 18.7. The SMILES string of the molecule is CC(C)(C)NS(=O)(=O)c1ccccc1C1(C)CC1. The highest BCUT2D eigenvalue weighted by atomic mass is 32.2. The van der Waals surface area contributed by atoms with Crippen molar-refractivity contribution >= 4 is 10.0 Å². The monoisotopic (exact) mass is 267 g/mol. The Balaban J connectivity index is 2.46. The lowest BCUT2D eigenvalue weighted by Crippen LogP contribution is -2.41. The lowest BCUT2D eigenvalue weighted by Gasteiger charge is -2.23. The Morgan fingerprint density at radius 1 is 1.17 bits per heavy atom. The van der Waals surface area contributed by atoms with Gasteiger partial charge < -0.3 is 0 Å². The molecule has 1 aromatic carbocycles. The Bertz CT molecular complexity index is 551. The maximum absolute atomic E-state index is 12.4. The highest BCUT2D eigenvalue weighted by molar-refractivity contribution is 7.89. The van der Waals surface area contributed by atoms with Crippen molar-refractivity contribution in [1.82, 2.24) is 4.72 Å². The second-order valence-corrected chi connectivity index (χ2v) is 8.06. The fourth-order valence-corrected chi connectivity index (χ4v) is 3.89. The van der Waals surface area contributed by atoms with Gasteiger partial charge in [0, 0.05) is 5.54 Å². The lowest BCUT2D eigenvalue weighted by atomic mass is 9.99. The van der Waals surface area contributed by atoms with E-state index in [1.165, 1.54) is 0 Å². The first kappa shape index (κ1) is 13.6. The van der Waals surface area contributed by atoms with Gasteiger partial charge in [0.25, 0.3) is 0 Å². The Kier molecular flexibility index (Phi) is 3.06. The van der Waals surface area contributed by atoms with Gasteiger partial charge in [-0.25, -0.2) is 13.1 Å². The van der Waals surface area contributed by atoms with E-state index in [-0.39, 0.29) is 5.41 Å². The smallest absolute Gasteiger partial charge is 0.207 e. The van der Waals surface area contributed by atoms with Crippen LogP contribution in [0.25, 0.3) is 0 Å². The lowest BCUT2D eigenvalue weighted by molar-refractivity contribution is 0.490. The molecule has 100 valence electrons. The van der Waals surface area contributed by atoms with Crippen LogP contribution in [0.2, 0.25) is 0 Å². The molecule has 0 heterocycles. The van der Waals surface area contributed by atoms with E-state index in [9.17, 15) is 8.42 Å². The van der Waals surface area contributed by atoms with E-state index in [0.29, 0.717) is 4.90 Å². The van der Waals surface area contributed by atoms with E-state index in [1.807, 2.05) is 32.9 Å². The molecule has 1 saturated carbocycles. The second-order valence-electron chi connectivity index (χ2n) is 6.41. The topological polar surface area (TPSA) is 46.2 Å². The largest absolute Gasteiger partial charge is 0.241 e. The molecule has 0 aromatic heterocycles. The highest BCUT2D eigenvalue weighted by Gasteiger charge is 2.42. The van der Waals surface area contributed by atoms with E-state index in [0.717, 1.165) is 18.4 Å². The average molecular weight is 267 g/mol. The fraction of sp³-hybridized carbons (Fsp3) is 0.571. The molecule has 1 N–H and O–H groups in total. The zero-order valence-corrected chi connectivity index (χ0v) is 12.3. The minimum atomic E-state index is -3.44. The van der Waals surface area contributed by atoms with Crippen LogP contribution in [0, 0.1) is 0 Å². The Morgan fingerprint density at radius 3 is 2.22 bits per heavy atom. The predicted octanol–water partition coefficient (Wildman–Crippen LogP) is 2.81. The number of benzene rings is 1. The maximum atomic E-state index is 12.4. The van der Waals surface area contributed by atoms with Crippen LogP contribution in [0.5, 0.6) is 0 Å². The van der Waals surface area contributed by atoms with Crippen LogP contribution in [-0.2, 0) is 15.4 Å². The van der Waals surface area contributed by atoms with Crippen molar-refractivity contribution in [3.05, 3.63) is 29.8 Å². The summed E-state index contributed by atoms with van der Waals surface area (Å²) in [4.78, 5) is 0.430. The molecular formula is C14H21NO2S. The summed E-state index contributed by atoms with van der Waals surface area (Å²) < 4.78 is 27.6. The Hall–Kier alpha value is -0.870. The van der Waals surface area contributed by atoms with Crippen molar-refractivity contribution in [3.63, 3.8) is 0 Å². The number of hydrogen-bond acceptors (Lipinski definition) is 2. The molecule has 1 aliphatic carbocycles. The van der Waals surface area contributed by atoms with Gasteiger partial charge in [-0.2, -0.15) is 0 Å². The summed E-state index contributed by atoms with van der Waals surface area (Å²) in [6.07, 6.45) is 2.13. The van der Waals surface area contributed by atoms with Crippen molar-refractivity contribution < 1.29 is 8.42 Å². The fourth-order valence-electron chi connectivity index (χ4n) is 2.11. The van der Waals surface area contributed by atoms with E-state index in [2.05, 4.69) is 11.6 Å². The van der Waals surface area contributed by atoms with Crippen molar-refractivity contribution in [2.75, 3.05) is 0 Å². The number of nitrogens with one attached hydrogen (secondary N) is 1. The van der Waals surface area contributed by atoms with Crippen molar-refractivity contribution in [1.29, 1.82) is 0 Å². The first-order valence-corrected chi connectivity index (χ1v) is 7.76. The number of sulfonamides is 1. The van der Waals surface area contributed by atoms with E-state index < -0.39 is 15.6 Å². The van der Waals surface area contributed by atoms with Crippen LogP contribution in [0.3, 0.4) is 0 Å². The molecule has 1 aliphatic rings. The average Bonchev–Trinajstić information content (AvgIpc) is 2.94. The van der Waals surface area contributed by atoms with Crippen LogP contribution in [0.15, 0.2) is 29.2 Å². The molecule has 18 heavy (non-hydrogen) atoms. The van der Waals surface area contributed by atoms with Crippen LogP contribution in [0.4, 0.5) is 0 Å². The standard InChI is InChI=1S/C14H21NO2S/c1-13(2,3)15-18(16,17)12-8-6-5-7-11(12)14(4)9-10-14/h5-8,15H,9-10H2,1-4H3. The van der Waals surface area contributed by atoms with Gasteiger partial charge in [0.1, 0.15) is 0 Å². The summed E-state index contributed by atoms with van der Waals surface area (Å²) in [7, 11) is -3.44. The van der Waals surface area contributed by atoms with Gasteiger partial charge in [-0.15, -0.1) is 0 Å². The van der Waals surface area contributed by atoms with Crippen molar-refractivity contribution in [3.8, 4) is 0 Å². The molecule has 4 heteroatoms. The maximum Gasteiger partial charge on any atom is 0.241 e. The quantitative estimate of drug-likeness (QED) is 0.915. The van der Waals surface area contributed by atoms with Crippen LogP contribution in [-0.4, -0.2) is 14.0 Å². The summed E-state index contributed by atoms with van der Waals surface area (Å²) in [5.74, 6) is 0. The molecule has 0 amide bonds. The molecule has 0 atom stereocenters. The van der Waals surface area contributed by atoms with Gasteiger partial charge in [0.05, 0.1) is 4.90 Å². The summed E-state index contributed by atoms with van der Waals surface area (Å²) in [6.45, 7) is 7.68. The zero-order chi connectivity index (χ0) is 13.6. The molecule has 1 aromatic rings. The first-order valence-electron chi connectivity index (χ1n) is 6.28. The van der Waals surface area contributed by atoms with E-state index in [4.69, 9.17) is 0 Å². The van der Waals surface area contributed by atoms with Gasteiger partial charge in [0.2, 0.25) is 10.0 Å². The molecule has 0 radical (unpaired) electrons. The molecular weight excluding hydrogens is 246 g/mol. The predicted molar refractivity (Wildman–Crippen MR) is 73.1 cm³/mol. The van der Waals surface area contributed by atoms with Crippen molar-refractivity contribution in [2.24, 2.45) is 0 Å². The number of hydrogen-bond donors (Lipinski definition) is 1. The Labute approximate surface area is 110 Å². The molecule has 0 spiro atoms. The third-order valence-electron chi connectivity index (χ3n) is 3.27. The molecule has 0 bridgehead atoms. The second kappa shape index (κ2) is 4.07. The minimum absolute atomic E-state index is 0.0449. The summed E-state index contributed by atoms with van der Waals surface area (Å²) in [6, 6.07) is 7.33. The molecule has 3 nitrogen and oxygen atoms in total. The van der Waals surface area contributed by atoms with E-state index >= 15 is 0 Å². The first-order chi connectivity index (χ1) is 8.14. The van der Waals surface area contributed by atoms with Crippen LogP contribution in [0.1, 0.15) is 46.1 Å². The van der Waals surface area contributed by atoms with Gasteiger partial charge in [-0.3, -0.25) is 0 Å². The van der Waals surface area contributed by atoms with Gasteiger partial charge in [-0.1, -0.05) is 25.1 Å². The van der Waals surface area contributed by atoms with Gasteiger partial charge in [-0.05, 0) is 50.7 Å². The Morgan fingerprint density at radius 2 is 1.72 bits per heavy atom. The van der Waals surface area contributed by atoms with Gasteiger partial charge >= 0.3 is 0 Å².